The summed E-state index contributed by atoms with van der Waals surface area (Å²) in [5.41, 5.74) is 2.03. The minimum absolute atomic E-state index is 0.0641. The van der Waals surface area contributed by atoms with Gasteiger partial charge in [-0.05, 0) is 61.6 Å². The molecule has 0 amide bonds. The summed E-state index contributed by atoms with van der Waals surface area (Å²) in [6.45, 7) is 4.92. The first-order valence-electron chi connectivity index (χ1n) is 13.9. The smallest absolute Gasteiger partial charge is 0.309 e. The van der Waals surface area contributed by atoms with E-state index in [0.717, 1.165) is 22.6 Å². The van der Waals surface area contributed by atoms with Crippen LogP contribution in [-0.4, -0.2) is 50.1 Å². The molecule has 0 fully saturated rings. The van der Waals surface area contributed by atoms with Crippen molar-refractivity contribution in [1.82, 2.24) is 4.98 Å². The Kier molecular flexibility index (Phi) is 11.9. The molecular formula is C33H39NO8. The highest BCUT2D eigenvalue weighted by Gasteiger charge is 2.30. The first-order valence-corrected chi connectivity index (χ1v) is 13.9. The van der Waals surface area contributed by atoms with Crippen LogP contribution in [0.2, 0.25) is 0 Å². The second-order valence-corrected chi connectivity index (χ2v) is 10.0. The molecule has 0 aliphatic rings. The molecule has 2 aromatic carbocycles. The molecule has 0 bridgehead atoms. The van der Waals surface area contributed by atoms with E-state index >= 15 is 0 Å². The largest absolute Gasteiger partial charge is 0.497 e. The zero-order valence-corrected chi connectivity index (χ0v) is 25.0. The van der Waals surface area contributed by atoms with Gasteiger partial charge in [0.1, 0.15) is 17.6 Å². The van der Waals surface area contributed by atoms with Crippen molar-refractivity contribution in [2.45, 2.75) is 52.6 Å². The summed E-state index contributed by atoms with van der Waals surface area (Å²) in [7, 11) is 4.65. The van der Waals surface area contributed by atoms with Gasteiger partial charge in [-0.2, -0.15) is 0 Å². The third-order valence-corrected chi connectivity index (χ3v) is 7.09. The predicted octanol–water partition coefficient (Wildman–Crippen LogP) is 5.67. The van der Waals surface area contributed by atoms with Crippen LogP contribution in [0.5, 0.6) is 23.0 Å². The maximum atomic E-state index is 13.4. The molecule has 9 nitrogen and oxygen atoms in total. The van der Waals surface area contributed by atoms with E-state index in [1.165, 1.54) is 26.3 Å². The van der Waals surface area contributed by atoms with Crippen LogP contribution in [0.3, 0.4) is 0 Å². The molecule has 3 aromatic rings. The number of carbonyl (C=O) groups excluding carboxylic acids is 3. The highest BCUT2D eigenvalue weighted by molar-refractivity contribution is 6.00. The van der Waals surface area contributed by atoms with Crippen LogP contribution in [0.15, 0.2) is 60.8 Å². The molecule has 0 spiro atoms. The normalized spacial score (nSPS) is 12.3. The first kappa shape index (κ1) is 32.1. The van der Waals surface area contributed by atoms with Crippen molar-refractivity contribution in [1.29, 1.82) is 0 Å². The zero-order chi connectivity index (χ0) is 30.6. The fraction of sp³-hybridized carbons (Fsp3) is 0.394. The van der Waals surface area contributed by atoms with E-state index in [4.69, 9.17) is 23.7 Å². The lowest BCUT2D eigenvalue weighted by Crippen LogP contribution is -2.31. The summed E-state index contributed by atoms with van der Waals surface area (Å²) in [6, 6.07) is 17.1. The van der Waals surface area contributed by atoms with Gasteiger partial charge in [0.15, 0.2) is 17.2 Å². The number of hydrogen-bond donors (Lipinski definition) is 0. The Balaban J connectivity index is 1.80. The van der Waals surface area contributed by atoms with E-state index in [2.05, 4.69) is 4.98 Å². The second-order valence-electron chi connectivity index (χ2n) is 10.0. The Morgan fingerprint density at radius 2 is 1.45 bits per heavy atom. The zero-order valence-electron chi connectivity index (χ0n) is 25.0. The van der Waals surface area contributed by atoms with Crippen molar-refractivity contribution in [2.24, 2.45) is 11.8 Å². The topological polar surface area (TPSA) is 110 Å². The number of aromatic nitrogens is 1. The summed E-state index contributed by atoms with van der Waals surface area (Å²) in [5, 5.41) is 0. The molecule has 42 heavy (non-hydrogen) atoms. The van der Waals surface area contributed by atoms with Crippen LogP contribution in [0.1, 0.15) is 55.2 Å². The minimum Gasteiger partial charge on any atom is -0.497 e. The Bertz CT molecular complexity index is 1320. The van der Waals surface area contributed by atoms with Gasteiger partial charge in [0, 0.05) is 31.5 Å². The number of Topliss-reactive ketones (excluding diaryl/α,β-unsaturated/α-hetero) is 1. The van der Waals surface area contributed by atoms with Gasteiger partial charge >= 0.3 is 11.9 Å². The summed E-state index contributed by atoms with van der Waals surface area (Å²) in [5.74, 6) is -0.695. The Morgan fingerprint density at radius 1 is 0.857 bits per heavy atom. The van der Waals surface area contributed by atoms with Gasteiger partial charge < -0.3 is 23.7 Å². The first-order chi connectivity index (χ1) is 20.2. The van der Waals surface area contributed by atoms with Crippen molar-refractivity contribution in [3.05, 3.63) is 77.6 Å². The monoisotopic (exact) mass is 577 g/mol. The van der Waals surface area contributed by atoms with Crippen LogP contribution >= 0.6 is 0 Å². The van der Waals surface area contributed by atoms with E-state index in [9.17, 15) is 14.4 Å². The molecule has 0 unspecified atom stereocenters. The van der Waals surface area contributed by atoms with Crippen LogP contribution in [0.25, 0.3) is 0 Å². The Labute approximate surface area is 247 Å². The number of carbonyl (C=O) groups is 3. The lowest BCUT2D eigenvalue weighted by atomic mass is 9.88. The molecule has 0 aliphatic heterocycles. The van der Waals surface area contributed by atoms with E-state index in [1.807, 2.05) is 62.4 Å². The average molecular weight is 578 g/mol. The maximum Gasteiger partial charge on any atom is 0.309 e. The molecule has 1 aromatic heterocycles. The SMILES string of the molecule is CC[C@H](CC(=O)c1nccc(OC)c1OC(C)=O)C(=O)O[C@@H](C)C(Cc1cccc(OC)c1)Cc1cccc(OC)c1. The third kappa shape index (κ3) is 8.80. The summed E-state index contributed by atoms with van der Waals surface area (Å²) in [4.78, 5) is 42.4. The van der Waals surface area contributed by atoms with Gasteiger partial charge in [0.05, 0.1) is 27.2 Å². The Morgan fingerprint density at radius 3 is 1.95 bits per heavy atom. The van der Waals surface area contributed by atoms with Gasteiger partial charge in [-0.3, -0.25) is 14.4 Å². The minimum atomic E-state index is -0.715. The lowest BCUT2D eigenvalue weighted by molar-refractivity contribution is -0.156. The number of esters is 2. The van der Waals surface area contributed by atoms with Crippen LogP contribution < -0.4 is 18.9 Å². The highest BCUT2D eigenvalue weighted by Crippen LogP contribution is 2.32. The number of nitrogens with zero attached hydrogens (tertiary/aromatic N) is 1. The Hall–Kier alpha value is -4.40. The summed E-state index contributed by atoms with van der Waals surface area (Å²) >= 11 is 0. The van der Waals surface area contributed by atoms with E-state index in [-0.39, 0.29) is 29.5 Å². The molecule has 0 saturated carbocycles. The number of methoxy groups -OCH3 is 3. The van der Waals surface area contributed by atoms with E-state index in [0.29, 0.717) is 19.3 Å². The molecule has 2 atom stereocenters. The number of pyridine rings is 1. The standard InChI is InChI=1S/C33H39NO8/c1-7-25(20-29(36)31-32(42-22(3)35)30(40-6)14-15-34-31)33(37)41-21(2)26(16-23-10-8-12-27(18-23)38-4)17-24-11-9-13-28(19-24)39-5/h8-15,18-19,21,25-26H,7,16-17,20H2,1-6H3/t21-,25+/m0/s1. The van der Waals surface area contributed by atoms with Gasteiger partial charge in [-0.15, -0.1) is 0 Å². The molecule has 3 rings (SSSR count). The highest BCUT2D eigenvalue weighted by atomic mass is 16.6. The van der Waals surface area contributed by atoms with Crippen molar-refractivity contribution in [3.8, 4) is 23.0 Å². The molecule has 9 heteroatoms. The summed E-state index contributed by atoms with van der Waals surface area (Å²) in [6.07, 6.45) is 2.41. The van der Waals surface area contributed by atoms with E-state index in [1.54, 1.807) is 14.2 Å². The molecule has 0 saturated heterocycles. The molecule has 1 heterocycles. The molecule has 0 N–H and O–H groups in total. The molecule has 0 aliphatic carbocycles. The average Bonchev–Trinajstić information content (AvgIpc) is 2.99. The number of hydrogen-bond acceptors (Lipinski definition) is 9. The number of ether oxygens (including phenoxy) is 5. The molecular weight excluding hydrogens is 538 g/mol. The van der Waals surface area contributed by atoms with Crippen molar-refractivity contribution >= 4 is 17.7 Å². The third-order valence-electron chi connectivity index (χ3n) is 7.09. The number of rotatable bonds is 15. The van der Waals surface area contributed by atoms with Crippen LogP contribution in [-0.2, 0) is 27.2 Å². The predicted molar refractivity (Wildman–Crippen MR) is 157 cm³/mol. The van der Waals surface area contributed by atoms with Crippen LogP contribution in [0, 0.1) is 11.8 Å². The maximum absolute atomic E-state index is 13.4. The fourth-order valence-corrected chi connectivity index (χ4v) is 4.73. The lowest BCUT2D eigenvalue weighted by Gasteiger charge is -2.26. The molecule has 0 radical (unpaired) electrons. The second kappa shape index (κ2) is 15.6. The van der Waals surface area contributed by atoms with Gasteiger partial charge in [0.2, 0.25) is 5.75 Å². The van der Waals surface area contributed by atoms with E-state index < -0.39 is 29.7 Å². The summed E-state index contributed by atoms with van der Waals surface area (Å²) < 4.78 is 27.3. The van der Waals surface area contributed by atoms with Gasteiger partial charge in [0.25, 0.3) is 0 Å². The quantitative estimate of drug-likeness (QED) is 0.167. The fourth-order valence-electron chi connectivity index (χ4n) is 4.73. The van der Waals surface area contributed by atoms with Crippen LogP contribution in [0.4, 0.5) is 0 Å². The molecule has 224 valence electrons. The van der Waals surface area contributed by atoms with Crippen molar-refractivity contribution in [2.75, 3.05) is 21.3 Å². The van der Waals surface area contributed by atoms with Gasteiger partial charge in [-0.1, -0.05) is 31.2 Å². The number of benzene rings is 2. The van der Waals surface area contributed by atoms with Gasteiger partial charge in [-0.25, -0.2) is 4.98 Å². The van der Waals surface area contributed by atoms with Crippen molar-refractivity contribution < 1.29 is 38.1 Å². The van der Waals surface area contributed by atoms with Crippen molar-refractivity contribution in [3.63, 3.8) is 0 Å². The number of ketones is 1.